The maximum absolute atomic E-state index is 11.7. The second kappa shape index (κ2) is 7.36. The zero-order valence-electron chi connectivity index (χ0n) is 11.7. The molecule has 2 atom stereocenters. The lowest BCUT2D eigenvalue weighted by Crippen LogP contribution is -2.42. The van der Waals surface area contributed by atoms with Gasteiger partial charge in [-0.2, -0.15) is 0 Å². The minimum atomic E-state index is -1.11. The van der Waals surface area contributed by atoms with E-state index in [4.69, 9.17) is 10.2 Å². The minimum Gasteiger partial charge on any atom is -0.480 e. The Bertz CT molecular complexity index is 283. The van der Waals surface area contributed by atoms with Gasteiger partial charge in [0.05, 0.1) is 0 Å². The Kier molecular flexibility index (Phi) is 6.91. The highest BCUT2D eigenvalue weighted by Gasteiger charge is 2.22. The molecule has 0 heterocycles. The second-order valence-corrected chi connectivity index (χ2v) is 6.04. The molecule has 5 nitrogen and oxygen atoms in total. The number of nitrogens with one attached hydrogen (secondary N) is 1. The van der Waals surface area contributed by atoms with Gasteiger partial charge in [0.1, 0.15) is 6.04 Å². The van der Waals surface area contributed by atoms with Crippen LogP contribution in [-0.2, 0) is 9.59 Å². The molecule has 3 N–H and O–H groups in total. The standard InChI is InChI=1S/C13H25NO4/c1-9(8-13(2,3)4)7-11(16)14-10(5-6-15)12(17)18/h9-10,15H,5-8H2,1-4H3,(H,14,16)(H,17,18)/t9?,10-/m0/s1. The highest BCUT2D eigenvalue weighted by Crippen LogP contribution is 2.25. The highest BCUT2D eigenvalue weighted by molar-refractivity contribution is 5.83. The first kappa shape index (κ1) is 16.9. The summed E-state index contributed by atoms with van der Waals surface area (Å²) in [5, 5.41) is 20.0. The Balaban J connectivity index is 4.20. The molecule has 0 saturated heterocycles. The lowest BCUT2D eigenvalue weighted by molar-refractivity contribution is -0.142. The van der Waals surface area contributed by atoms with Crippen molar-refractivity contribution >= 4 is 11.9 Å². The maximum atomic E-state index is 11.7. The van der Waals surface area contributed by atoms with Crippen LogP contribution in [0.1, 0.15) is 47.0 Å². The SMILES string of the molecule is CC(CC(=O)N[C@@H](CCO)C(=O)O)CC(C)(C)C. The summed E-state index contributed by atoms with van der Waals surface area (Å²) >= 11 is 0. The molecule has 5 heteroatoms. The van der Waals surface area contributed by atoms with E-state index in [-0.39, 0.29) is 30.3 Å². The van der Waals surface area contributed by atoms with Crippen LogP contribution in [0.4, 0.5) is 0 Å². The average molecular weight is 259 g/mol. The predicted octanol–water partition coefficient (Wildman–Crippen LogP) is 1.40. The monoisotopic (exact) mass is 259 g/mol. The Morgan fingerprint density at radius 2 is 1.83 bits per heavy atom. The van der Waals surface area contributed by atoms with Crippen molar-refractivity contribution in [3.8, 4) is 0 Å². The van der Waals surface area contributed by atoms with Crippen LogP contribution in [-0.4, -0.2) is 34.7 Å². The van der Waals surface area contributed by atoms with Crippen LogP contribution in [0.2, 0.25) is 0 Å². The molecule has 0 spiro atoms. The predicted molar refractivity (Wildman–Crippen MR) is 69.1 cm³/mol. The third-order valence-corrected chi connectivity index (χ3v) is 2.55. The van der Waals surface area contributed by atoms with Crippen molar-refractivity contribution in [2.45, 2.75) is 53.0 Å². The zero-order chi connectivity index (χ0) is 14.3. The number of carboxylic acid groups (broad SMARTS) is 1. The Morgan fingerprint density at radius 3 is 2.22 bits per heavy atom. The number of hydrogen-bond donors (Lipinski definition) is 3. The zero-order valence-corrected chi connectivity index (χ0v) is 11.7. The minimum absolute atomic E-state index is 0.0364. The van der Waals surface area contributed by atoms with Crippen molar-refractivity contribution in [2.75, 3.05) is 6.61 Å². The molecular weight excluding hydrogens is 234 g/mol. The Hall–Kier alpha value is -1.10. The van der Waals surface area contributed by atoms with E-state index in [0.29, 0.717) is 6.42 Å². The van der Waals surface area contributed by atoms with E-state index in [1.165, 1.54) is 0 Å². The molecule has 0 aromatic carbocycles. The summed E-state index contributed by atoms with van der Waals surface area (Å²) < 4.78 is 0. The number of aliphatic hydroxyl groups is 1. The van der Waals surface area contributed by atoms with Crippen LogP contribution in [0.3, 0.4) is 0 Å². The van der Waals surface area contributed by atoms with Crippen LogP contribution in [0, 0.1) is 11.3 Å². The van der Waals surface area contributed by atoms with Crippen LogP contribution in [0.5, 0.6) is 0 Å². The largest absolute Gasteiger partial charge is 0.480 e. The van der Waals surface area contributed by atoms with Crippen LogP contribution < -0.4 is 5.32 Å². The van der Waals surface area contributed by atoms with Crippen molar-refractivity contribution in [3.63, 3.8) is 0 Å². The lowest BCUT2D eigenvalue weighted by Gasteiger charge is -2.23. The molecule has 0 fully saturated rings. The number of carboxylic acids is 1. The van der Waals surface area contributed by atoms with Gasteiger partial charge in [-0.05, 0) is 17.8 Å². The molecule has 0 aromatic rings. The van der Waals surface area contributed by atoms with Crippen molar-refractivity contribution in [3.05, 3.63) is 0 Å². The molecule has 0 saturated carbocycles. The highest BCUT2D eigenvalue weighted by atomic mass is 16.4. The summed E-state index contributed by atoms with van der Waals surface area (Å²) in [6.07, 6.45) is 1.25. The van der Waals surface area contributed by atoms with E-state index in [2.05, 4.69) is 26.1 Å². The second-order valence-electron chi connectivity index (χ2n) is 6.04. The molecule has 0 radical (unpaired) electrons. The number of aliphatic hydroxyl groups excluding tert-OH is 1. The van der Waals surface area contributed by atoms with Crippen LogP contribution >= 0.6 is 0 Å². The quantitative estimate of drug-likeness (QED) is 0.645. The molecule has 0 aromatic heterocycles. The molecule has 0 aliphatic carbocycles. The van der Waals surface area contributed by atoms with E-state index in [9.17, 15) is 9.59 Å². The van der Waals surface area contributed by atoms with Gasteiger partial charge in [0.15, 0.2) is 0 Å². The smallest absolute Gasteiger partial charge is 0.326 e. The van der Waals surface area contributed by atoms with Crippen LogP contribution in [0.25, 0.3) is 0 Å². The molecule has 106 valence electrons. The summed E-state index contributed by atoms with van der Waals surface area (Å²) in [7, 11) is 0. The summed E-state index contributed by atoms with van der Waals surface area (Å²) in [5.41, 5.74) is 0.150. The van der Waals surface area contributed by atoms with E-state index >= 15 is 0 Å². The first-order valence-electron chi connectivity index (χ1n) is 6.28. The van der Waals surface area contributed by atoms with Gasteiger partial charge in [0.25, 0.3) is 0 Å². The molecule has 18 heavy (non-hydrogen) atoms. The summed E-state index contributed by atoms with van der Waals surface area (Å²) in [6.45, 7) is 8.04. The number of hydrogen-bond acceptors (Lipinski definition) is 3. The van der Waals surface area contributed by atoms with Gasteiger partial charge in [-0.3, -0.25) is 4.79 Å². The van der Waals surface area contributed by atoms with E-state index in [1.807, 2.05) is 6.92 Å². The first-order valence-corrected chi connectivity index (χ1v) is 6.28. The fraction of sp³-hybridized carbons (Fsp3) is 0.846. The molecule has 0 aliphatic rings. The van der Waals surface area contributed by atoms with E-state index in [0.717, 1.165) is 6.42 Å². The maximum Gasteiger partial charge on any atom is 0.326 e. The fourth-order valence-electron chi connectivity index (χ4n) is 2.07. The topological polar surface area (TPSA) is 86.6 Å². The van der Waals surface area contributed by atoms with Gasteiger partial charge in [0.2, 0.25) is 5.91 Å². The van der Waals surface area contributed by atoms with Gasteiger partial charge >= 0.3 is 5.97 Å². The third-order valence-electron chi connectivity index (χ3n) is 2.55. The summed E-state index contributed by atoms with van der Waals surface area (Å²) in [5.74, 6) is -1.18. The molecule has 0 bridgehead atoms. The molecular formula is C13H25NO4. The molecule has 1 unspecified atom stereocenters. The van der Waals surface area contributed by atoms with Crippen LogP contribution in [0.15, 0.2) is 0 Å². The number of carbonyl (C=O) groups is 2. The third kappa shape index (κ3) is 8.06. The van der Waals surface area contributed by atoms with Crippen molar-refractivity contribution in [1.29, 1.82) is 0 Å². The number of aliphatic carboxylic acids is 1. The molecule has 0 aliphatic heterocycles. The lowest BCUT2D eigenvalue weighted by atomic mass is 9.84. The van der Waals surface area contributed by atoms with Crippen molar-refractivity contribution in [1.82, 2.24) is 5.32 Å². The Morgan fingerprint density at radius 1 is 1.28 bits per heavy atom. The molecule has 0 rings (SSSR count). The Labute approximate surface area is 109 Å². The van der Waals surface area contributed by atoms with Gasteiger partial charge in [0, 0.05) is 19.4 Å². The van der Waals surface area contributed by atoms with E-state index < -0.39 is 12.0 Å². The number of rotatable bonds is 7. The fourth-order valence-corrected chi connectivity index (χ4v) is 2.07. The normalized spacial score (nSPS) is 14.9. The van der Waals surface area contributed by atoms with Gasteiger partial charge < -0.3 is 15.5 Å². The van der Waals surface area contributed by atoms with E-state index in [1.54, 1.807) is 0 Å². The number of carbonyl (C=O) groups excluding carboxylic acids is 1. The van der Waals surface area contributed by atoms with Crippen molar-refractivity contribution < 1.29 is 19.8 Å². The van der Waals surface area contributed by atoms with Gasteiger partial charge in [-0.1, -0.05) is 27.7 Å². The van der Waals surface area contributed by atoms with Gasteiger partial charge in [-0.25, -0.2) is 4.79 Å². The molecule has 1 amide bonds. The summed E-state index contributed by atoms with van der Waals surface area (Å²) in [4.78, 5) is 22.5. The first-order chi connectivity index (χ1) is 8.15. The average Bonchev–Trinajstić information content (AvgIpc) is 2.13. The van der Waals surface area contributed by atoms with Gasteiger partial charge in [-0.15, -0.1) is 0 Å². The van der Waals surface area contributed by atoms with Crippen molar-refractivity contribution in [2.24, 2.45) is 11.3 Å². The summed E-state index contributed by atoms with van der Waals surface area (Å²) in [6, 6.07) is -0.996. The number of amides is 1.